The highest BCUT2D eigenvalue weighted by Gasteiger charge is 2.67. The van der Waals surface area contributed by atoms with Crippen molar-refractivity contribution in [2.24, 2.45) is 40.4 Å². The van der Waals surface area contributed by atoms with Gasteiger partial charge in [0, 0.05) is 11.3 Å². The fourth-order valence-electron chi connectivity index (χ4n) is 8.39. The van der Waals surface area contributed by atoms with Gasteiger partial charge in [-0.05, 0) is 99.5 Å². The van der Waals surface area contributed by atoms with Crippen LogP contribution in [0.4, 0.5) is 0 Å². The zero-order valence-corrected chi connectivity index (χ0v) is 21.8. The van der Waals surface area contributed by atoms with Gasteiger partial charge in [0.1, 0.15) is 0 Å². The number of allylic oxidation sites excluding steroid dienone is 1. The van der Waals surface area contributed by atoms with Crippen molar-refractivity contribution in [3.05, 3.63) is 11.6 Å². The molecule has 0 amide bonds. The Morgan fingerprint density at radius 2 is 1.74 bits per heavy atom. The van der Waals surface area contributed by atoms with Crippen LogP contribution in [0.15, 0.2) is 11.6 Å². The predicted molar refractivity (Wildman–Crippen MR) is 130 cm³/mol. The highest BCUT2D eigenvalue weighted by Crippen LogP contribution is 2.68. The molecule has 0 heterocycles. The largest absolute Gasteiger partial charge is 0.393 e. The number of carbonyl (C=O) groups is 1. The van der Waals surface area contributed by atoms with E-state index in [0.717, 1.165) is 24.8 Å². The Morgan fingerprint density at radius 3 is 2.35 bits per heavy atom. The fraction of sp³-hybridized carbons (Fsp3) is 0.893. The summed E-state index contributed by atoms with van der Waals surface area (Å²) >= 11 is 0. The molecule has 4 rings (SSSR count). The summed E-state index contributed by atoms with van der Waals surface area (Å²) in [4.78, 5) is 13.3. The first-order chi connectivity index (χ1) is 15.6. The molecule has 0 aromatic carbocycles. The number of fused-ring (bicyclic) bond motifs is 5. The molecule has 3 fully saturated rings. The van der Waals surface area contributed by atoms with Crippen LogP contribution in [-0.4, -0.2) is 60.8 Å². The zero-order valence-electron chi connectivity index (χ0n) is 21.8. The third-order valence-electron chi connectivity index (χ3n) is 11.2. The molecule has 4 aliphatic carbocycles. The second-order valence-corrected chi connectivity index (χ2v) is 13.4. The van der Waals surface area contributed by atoms with Crippen molar-refractivity contribution in [1.29, 1.82) is 0 Å². The van der Waals surface area contributed by atoms with Gasteiger partial charge in [0.15, 0.2) is 5.78 Å². The first-order valence-corrected chi connectivity index (χ1v) is 13.3. The molecule has 3 unspecified atom stereocenters. The van der Waals surface area contributed by atoms with Crippen molar-refractivity contribution in [3.8, 4) is 0 Å². The lowest BCUT2D eigenvalue weighted by Crippen LogP contribution is -2.61. The van der Waals surface area contributed by atoms with E-state index in [1.54, 1.807) is 19.9 Å². The molecule has 0 aromatic heterocycles. The number of carbonyl (C=O) groups excluding carboxylic acids is 1. The second-order valence-electron chi connectivity index (χ2n) is 13.4. The van der Waals surface area contributed by atoms with Crippen molar-refractivity contribution in [3.63, 3.8) is 0 Å². The number of ketones is 1. The zero-order chi connectivity index (χ0) is 25.4. The van der Waals surface area contributed by atoms with Gasteiger partial charge in [-0.2, -0.15) is 0 Å². The highest BCUT2D eigenvalue weighted by atomic mass is 16.3. The lowest BCUT2D eigenvalue weighted by Gasteiger charge is -2.60. The number of rotatable bonds is 5. The topological polar surface area (TPSA) is 118 Å². The first-order valence-electron chi connectivity index (χ1n) is 13.3. The van der Waals surface area contributed by atoms with Crippen molar-refractivity contribution in [2.75, 3.05) is 0 Å². The van der Waals surface area contributed by atoms with E-state index in [0.29, 0.717) is 19.3 Å². The summed E-state index contributed by atoms with van der Waals surface area (Å²) in [6.07, 6.45) is 3.48. The van der Waals surface area contributed by atoms with E-state index in [1.807, 2.05) is 6.92 Å². The van der Waals surface area contributed by atoms with Crippen LogP contribution in [0, 0.1) is 40.4 Å². The molecule has 34 heavy (non-hydrogen) atoms. The van der Waals surface area contributed by atoms with Gasteiger partial charge in [-0.1, -0.05) is 27.7 Å². The minimum Gasteiger partial charge on any atom is -0.393 e. The van der Waals surface area contributed by atoms with Crippen LogP contribution >= 0.6 is 0 Å². The van der Waals surface area contributed by atoms with Gasteiger partial charge in [0.05, 0.1) is 29.5 Å². The molecule has 3 saturated carbocycles. The van der Waals surface area contributed by atoms with Gasteiger partial charge in [0.25, 0.3) is 0 Å². The lowest BCUT2D eigenvalue weighted by atomic mass is 9.46. The molecule has 11 atom stereocenters. The van der Waals surface area contributed by atoms with Gasteiger partial charge < -0.3 is 25.5 Å². The molecule has 0 bridgehead atoms. The quantitative estimate of drug-likeness (QED) is 0.415. The minimum atomic E-state index is -1.11. The normalized spacial score (nSPS) is 47.2. The molecule has 194 valence electrons. The van der Waals surface area contributed by atoms with Crippen LogP contribution in [0.2, 0.25) is 0 Å². The first kappa shape index (κ1) is 26.3. The van der Waals surface area contributed by atoms with Gasteiger partial charge >= 0.3 is 0 Å². The Balaban J connectivity index is 1.63. The van der Waals surface area contributed by atoms with E-state index in [1.165, 1.54) is 0 Å². The van der Waals surface area contributed by atoms with Gasteiger partial charge in [-0.25, -0.2) is 0 Å². The Labute approximate surface area is 204 Å². The van der Waals surface area contributed by atoms with Crippen LogP contribution in [0.1, 0.15) is 86.5 Å². The maximum atomic E-state index is 13.3. The standard InChI is InChI=1S/C28H46O6/c1-15(25(3,4)33)11-21(29)16(2)17-8-10-28(34)19-12-22(30)20-13-23(31)24(32)14-26(20,5)18(19)7-9-27(17,28)6/h12,15-18,20-21,23-24,29,31-34H,7-11,13-14H2,1-6H3/t15?,16-,17?,18?,20-,21+,23+,24-,26+,27+,28+/m0/s1. The summed E-state index contributed by atoms with van der Waals surface area (Å²) in [6.45, 7) is 11.8. The molecule has 6 heteroatoms. The second kappa shape index (κ2) is 8.37. The number of aliphatic hydroxyl groups excluding tert-OH is 3. The lowest BCUT2D eigenvalue weighted by molar-refractivity contribution is -0.154. The van der Waals surface area contributed by atoms with Gasteiger partial charge in [-0.15, -0.1) is 0 Å². The summed E-state index contributed by atoms with van der Waals surface area (Å²) < 4.78 is 0. The molecule has 6 nitrogen and oxygen atoms in total. The minimum absolute atomic E-state index is 0.00427. The summed E-state index contributed by atoms with van der Waals surface area (Å²) in [6, 6.07) is 0. The fourth-order valence-corrected chi connectivity index (χ4v) is 8.39. The van der Waals surface area contributed by atoms with E-state index >= 15 is 0 Å². The number of hydrogen-bond acceptors (Lipinski definition) is 6. The molecule has 0 aromatic rings. The predicted octanol–water partition coefficient (Wildman–Crippen LogP) is 2.99. The van der Waals surface area contributed by atoms with E-state index in [9.17, 15) is 30.3 Å². The number of aliphatic hydroxyl groups is 5. The molecule has 0 aliphatic heterocycles. The summed E-state index contributed by atoms with van der Waals surface area (Å²) in [7, 11) is 0. The van der Waals surface area contributed by atoms with Crippen LogP contribution in [-0.2, 0) is 4.79 Å². The third-order valence-corrected chi connectivity index (χ3v) is 11.2. The van der Waals surface area contributed by atoms with Crippen LogP contribution in [0.3, 0.4) is 0 Å². The smallest absolute Gasteiger partial charge is 0.159 e. The third kappa shape index (κ3) is 3.75. The van der Waals surface area contributed by atoms with E-state index in [2.05, 4.69) is 20.8 Å². The van der Waals surface area contributed by atoms with Gasteiger partial charge in [0.2, 0.25) is 0 Å². The molecule has 4 aliphatic rings. The molecular weight excluding hydrogens is 432 g/mol. The van der Waals surface area contributed by atoms with Crippen molar-refractivity contribution < 1.29 is 30.3 Å². The summed E-state index contributed by atoms with van der Waals surface area (Å²) in [5.41, 5.74) is -2.08. The molecule has 0 spiro atoms. The van der Waals surface area contributed by atoms with Crippen molar-refractivity contribution in [1.82, 2.24) is 0 Å². The maximum absolute atomic E-state index is 13.3. The van der Waals surface area contributed by atoms with Crippen molar-refractivity contribution >= 4 is 5.78 Å². The van der Waals surface area contributed by atoms with Crippen LogP contribution < -0.4 is 0 Å². The monoisotopic (exact) mass is 478 g/mol. The Morgan fingerprint density at radius 1 is 1.09 bits per heavy atom. The van der Waals surface area contributed by atoms with Gasteiger partial charge in [-0.3, -0.25) is 4.79 Å². The molecule has 0 radical (unpaired) electrons. The number of hydrogen-bond donors (Lipinski definition) is 5. The average molecular weight is 479 g/mol. The molecule has 5 N–H and O–H groups in total. The van der Waals surface area contributed by atoms with E-state index < -0.39 is 40.3 Å². The SMILES string of the molecule is CC(C[C@@H](O)[C@@H](C)C1CC[C@@]2(O)C3=CC(=O)[C@@H]4C[C@@H](O)[C@@H](O)C[C@]4(C)C3CC[C@]12C)C(C)(C)O. The Hall–Kier alpha value is -0.790. The summed E-state index contributed by atoms with van der Waals surface area (Å²) in [5, 5.41) is 54.4. The van der Waals surface area contributed by atoms with Crippen LogP contribution in [0.5, 0.6) is 0 Å². The highest BCUT2D eigenvalue weighted by molar-refractivity contribution is 5.95. The van der Waals surface area contributed by atoms with E-state index in [4.69, 9.17) is 0 Å². The maximum Gasteiger partial charge on any atom is 0.159 e. The Kier molecular flexibility index (Phi) is 6.47. The summed E-state index contributed by atoms with van der Waals surface area (Å²) in [5.74, 6) is -0.359. The Bertz CT molecular complexity index is 846. The van der Waals surface area contributed by atoms with Crippen molar-refractivity contribution in [2.45, 2.75) is 116 Å². The molecular formula is C28H46O6. The molecule has 0 saturated heterocycles. The average Bonchev–Trinajstić information content (AvgIpc) is 3.00. The van der Waals surface area contributed by atoms with E-state index in [-0.39, 0.29) is 41.8 Å². The van der Waals surface area contributed by atoms with Crippen LogP contribution in [0.25, 0.3) is 0 Å².